The van der Waals surface area contributed by atoms with Gasteiger partial charge < -0.3 is 19.3 Å². The number of hydrogen-bond acceptors (Lipinski definition) is 7. The zero-order valence-electron chi connectivity index (χ0n) is 21.6. The van der Waals surface area contributed by atoms with Gasteiger partial charge >= 0.3 is 0 Å². The number of aryl methyl sites for hydroxylation is 1. The topological polar surface area (TPSA) is 89.7 Å². The first-order valence-electron chi connectivity index (χ1n) is 12.8. The second-order valence-corrected chi connectivity index (χ2v) is 9.25. The maximum Gasteiger partial charge on any atom is 0.241 e. The molecule has 0 radical (unpaired) electrons. The van der Waals surface area contributed by atoms with Crippen molar-refractivity contribution >= 4 is 5.91 Å². The lowest BCUT2D eigenvalue weighted by molar-refractivity contribution is -0.127. The van der Waals surface area contributed by atoms with E-state index in [2.05, 4.69) is 20.4 Å². The van der Waals surface area contributed by atoms with Crippen LogP contribution in [0.15, 0.2) is 47.0 Å². The fourth-order valence-corrected chi connectivity index (χ4v) is 4.50. The van der Waals surface area contributed by atoms with Crippen molar-refractivity contribution in [1.29, 1.82) is 0 Å². The number of nitrogens with one attached hydrogen (secondary N) is 1. The molecule has 4 rings (SSSR count). The zero-order chi connectivity index (χ0) is 25.5. The van der Waals surface area contributed by atoms with Gasteiger partial charge in [0.15, 0.2) is 11.5 Å². The Balaban J connectivity index is 1.34. The molecule has 3 aromatic rings. The number of rotatable bonds is 10. The normalized spacial score (nSPS) is 16.9. The van der Waals surface area contributed by atoms with Crippen molar-refractivity contribution < 1.29 is 18.8 Å². The summed E-state index contributed by atoms with van der Waals surface area (Å²) < 4.78 is 16.9. The van der Waals surface area contributed by atoms with Crippen molar-refractivity contribution in [2.45, 2.75) is 53.1 Å². The van der Waals surface area contributed by atoms with Gasteiger partial charge in [0.2, 0.25) is 17.6 Å². The molecule has 192 valence electrons. The maximum absolute atomic E-state index is 13.1. The van der Waals surface area contributed by atoms with Crippen LogP contribution in [0, 0.1) is 12.8 Å². The van der Waals surface area contributed by atoms with Crippen LogP contribution in [-0.4, -0.2) is 47.3 Å². The predicted octanol–water partition coefficient (Wildman–Crippen LogP) is 4.93. The SMILES string of the molecule is CCOc1ccc(C(C)NC(=O)C2CCCN(Cc3nc(-c4ccc(C)cc4)no3)C2)cc1OCC. The molecule has 2 atom stereocenters. The Morgan fingerprint density at radius 2 is 1.89 bits per heavy atom. The highest BCUT2D eigenvalue weighted by atomic mass is 16.5. The van der Waals surface area contributed by atoms with Gasteiger partial charge in [0.05, 0.1) is 31.7 Å². The van der Waals surface area contributed by atoms with Crippen molar-refractivity contribution in [1.82, 2.24) is 20.4 Å². The molecule has 2 heterocycles. The smallest absolute Gasteiger partial charge is 0.241 e. The fraction of sp³-hybridized carbons (Fsp3) is 0.464. The average molecular weight is 493 g/mol. The number of aromatic nitrogens is 2. The lowest BCUT2D eigenvalue weighted by Gasteiger charge is -2.31. The Morgan fingerprint density at radius 1 is 1.14 bits per heavy atom. The maximum atomic E-state index is 13.1. The lowest BCUT2D eigenvalue weighted by Crippen LogP contribution is -2.43. The largest absolute Gasteiger partial charge is 0.490 e. The molecule has 2 unspecified atom stereocenters. The van der Waals surface area contributed by atoms with E-state index in [1.807, 2.05) is 70.2 Å². The van der Waals surface area contributed by atoms with Gasteiger partial charge in [-0.15, -0.1) is 0 Å². The minimum Gasteiger partial charge on any atom is -0.490 e. The van der Waals surface area contributed by atoms with Crippen molar-refractivity contribution in [3.05, 3.63) is 59.5 Å². The first-order chi connectivity index (χ1) is 17.5. The van der Waals surface area contributed by atoms with Crippen molar-refractivity contribution in [3.8, 4) is 22.9 Å². The lowest BCUT2D eigenvalue weighted by atomic mass is 9.96. The van der Waals surface area contributed by atoms with Gasteiger partial charge in [-0.3, -0.25) is 9.69 Å². The monoisotopic (exact) mass is 492 g/mol. The van der Waals surface area contributed by atoms with Crippen molar-refractivity contribution in [3.63, 3.8) is 0 Å². The van der Waals surface area contributed by atoms with Crippen molar-refractivity contribution in [2.24, 2.45) is 5.92 Å². The highest BCUT2D eigenvalue weighted by molar-refractivity contribution is 5.79. The molecule has 36 heavy (non-hydrogen) atoms. The van der Waals surface area contributed by atoms with Gasteiger partial charge in [0.25, 0.3) is 0 Å². The van der Waals surface area contributed by atoms with E-state index >= 15 is 0 Å². The molecule has 8 nitrogen and oxygen atoms in total. The van der Waals surface area contributed by atoms with Crippen LogP contribution in [0.4, 0.5) is 0 Å². The summed E-state index contributed by atoms with van der Waals surface area (Å²) in [6, 6.07) is 13.7. The van der Waals surface area contributed by atoms with E-state index in [4.69, 9.17) is 14.0 Å². The summed E-state index contributed by atoms with van der Waals surface area (Å²) in [5.41, 5.74) is 3.10. The standard InChI is InChI=1S/C28H36N4O4/c1-5-34-24-14-13-22(16-25(24)35-6-2)20(4)29-28(33)23-8-7-15-32(17-23)18-26-30-27(31-36-26)21-11-9-19(3)10-12-21/h9-14,16,20,23H,5-8,15,17-18H2,1-4H3,(H,29,33). The highest BCUT2D eigenvalue weighted by Crippen LogP contribution is 2.31. The average Bonchev–Trinajstić information content (AvgIpc) is 3.34. The third-order valence-electron chi connectivity index (χ3n) is 6.44. The molecule has 1 aromatic heterocycles. The second-order valence-electron chi connectivity index (χ2n) is 9.25. The van der Waals surface area contributed by atoms with E-state index in [0.29, 0.717) is 43.8 Å². The minimum atomic E-state index is -0.143. The molecular formula is C28H36N4O4. The Bertz CT molecular complexity index is 1140. The Hall–Kier alpha value is -3.39. The molecule has 0 bridgehead atoms. The van der Waals surface area contributed by atoms with Gasteiger partial charge in [0.1, 0.15) is 0 Å². The van der Waals surface area contributed by atoms with E-state index in [1.165, 1.54) is 5.56 Å². The van der Waals surface area contributed by atoms with Crippen LogP contribution in [0.2, 0.25) is 0 Å². The molecular weight excluding hydrogens is 456 g/mol. The molecule has 8 heteroatoms. The summed E-state index contributed by atoms with van der Waals surface area (Å²) in [6.07, 6.45) is 1.81. The minimum absolute atomic E-state index is 0.0601. The van der Waals surface area contributed by atoms with Gasteiger partial charge in [-0.05, 0) is 64.8 Å². The van der Waals surface area contributed by atoms with Crippen LogP contribution in [-0.2, 0) is 11.3 Å². The van der Waals surface area contributed by atoms with Crippen LogP contribution in [0.1, 0.15) is 56.7 Å². The predicted molar refractivity (Wildman–Crippen MR) is 138 cm³/mol. The van der Waals surface area contributed by atoms with Gasteiger partial charge in [0, 0.05) is 12.1 Å². The number of hydrogen-bond donors (Lipinski definition) is 1. The number of carbonyl (C=O) groups is 1. The summed E-state index contributed by atoms with van der Waals surface area (Å²) >= 11 is 0. The summed E-state index contributed by atoms with van der Waals surface area (Å²) in [4.78, 5) is 19.9. The molecule has 1 amide bonds. The number of carbonyl (C=O) groups excluding carboxylic acids is 1. The van der Waals surface area contributed by atoms with E-state index < -0.39 is 0 Å². The quantitative estimate of drug-likeness (QED) is 0.429. The van der Waals surface area contributed by atoms with E-state index in [9.17, 15) is 4.79 Å². The molecule has 1 N–H and O–H groups in total. The van der Waals surface area contributed by atoms with Crippen LogP contribution < -0.4 is 14.8 Å². The van der Waals surface area contributed by atoms with Crippen LogP contribution >= 0.6 is 0 Å². The third-order valence-corrected chi connectivity index (χ3v) is 6.44. The number of piperidine rings is 1. The van der Waals surface area contributed by atoms with Crippen LogP contribution in [0.3, 0.4) is 0 Å². The summed E-state index contributed by atoms with van der Waals surface area (Å²) in [5, 5.41) is 7.32. The molecule has 2 aromatic carbocycles. The van der Waals surface area contributed by atoms with Crippen LogP contribution in [0.25, 0.3) is 11.4 Å². The number of likely N-dealkylation sites (tertiary alicyclic amines) is 1. The fourth-order valence-electron chi connectivity index (χ4n) is 4.50. The van der Waals surface area contributed by atoms with E-state index in [-0.39, 0.29) is 17.9 Å². The van der Waals surface area contributed by atoms with Gasteiger partial charge in [-0.25, -0.2) is 0 Å². The van der Waals surface area contributed by atoms with Crippen molar-refractivity contribution in [2.75, 3.05) is 26.3 Å². The zero-order valence-corrected chi connectivity index (χ0v) is 21.6. The number of benzene rings is 2. The molecule has 0 spiro atoms. The molecule has 1 saturated heterocycles. The molecule has 0 saturated carbocycles. The van der Waals surface area contributed by atoms with E-state index in [1.54, 1.807) is 0 Å². The second kappa shape index (κ2) is 12.0. The third kappa shape index (κ3) is 6.43. The first-order valence-corrected chi connectivity index (χ1v) is 12.8. The number of nitrogens with zero attached hydrogens (tertiary/aromatic N) is 3. The first kappa shape index (κ1) is 25.7. The number of ether oxygens (including phenoxy) is 2. The Morgan fingerprint density at radius 3 is 2.64 bits per heavy atom. The molecule has 0 aliphatic carbocycles. The molecule has 1 aliphatic heterocycles. The summed E-state index contributed by atoms with van der Waals surface area (Å²) in [6.45, 7) is 11.2. The summed E-state index contributed by atoms with van der Waals surface area (Å²) in [7, 11) is 0. The molecule has 1 fully saturated rings. The van der Waals surface area contributed by atoms with E-state index in [0.717, 1.165) is 36.3 Å². The van der Waals surface area contributed by atoms with Gasteiger partial charge in [-0.1, -0.05) is 41.1 Å². The van der Waals surface area contributed by atoms with Crippen LogP contribution in [0.5, 0.6) is 11.5 Å². The Labute approximate surface area is 213 Å². The molecule has 1 aliphatic rings. The van der Waals surface area contributed by atoms with Gasteiger partial charge in [-0.2, -0.15) is 4.98 Å². The Kier molecular flexibility index (Phi) is 8.59. The highest BCUT2D eigenvalue weighted by Gasteiger charge is 2.28. The summed E-state index contributed by atoms with van der Waals surface area (Å²) in [5.74, 6) is 2.55. The number of amides is 1.